The van der Waals surface area contributed by atoms with Crippen LogP contribution in [0.4, 0.5) is 5.82 Å². The first-order chi connectivity index (χ1) is 7.74. The van der Waals surface area contributed by atoms with Crippen molar-refractivity contribution < 1.29 is 0 Å². The molecule has 0 aromatic carbocycles. The fourth-order valence-corrected chi connectivity index (χ4v) is 2.37. The summed E-state index contributed by atoms with van der Waals surface area (Å²) in [7, 11) is 1.88. The summed E-state index contributed by atoms with van der Waals surface area (Å²) in [6.45, 7) is 4.19. The molecule has 2 heterocycles. The van der Waals surface area contributed by atoms with Gasteiger partial charge >= 0.3 is 0 Å². The second kappa shape index (κ2) is 4.61. The van der Waals surface area contributed by atoms with Crippen molar-refractivity contribution in [2.75, 3.05) is 12.4 Å². The highest BCUT2D eigenvalue weighted by atomic mass is 32.1. The fraction of sp³-hybridized carbons (Fsp3) is 0.333. The van der Waals surface area contributed by atoms with Crippen molar-refractivity contribution in [3.8, 4) is 10.7 Å². The maximum atomic E-state index is 4.56. The number of aryl methyl sites for hydroxylation is 2. The number of nitrogens with zero attached hydrogens (tertiary/aromatic N) is 2. The van der Waals surface area contributed by atoms with E-state index in [0.717, 1.165) is 28.6 Å². The lowest BCUT2D eigenvalue weighted by molar-refractivity contribution is 1.01. The second-order valence-electron chi connectivity index (χ2n) is 3.60. The largest absolute Gasteiger partial charge is 0.373 e. The Morgan fingerprint density at radius 1 is 1.38 bits per heavy atom. The van der Waals surface area contributed by atoms with Crippen LogP contribution in [0, 0.1) is 6.92 Å². The van der Waals surface area contributed by atoms with Gasteiger partial charge in [0.05, 0.1) is 4.88 Å². The van der Waals surface area contributed by atoms with Crippen LogP contribution in [0.15, 0.2) is 17.5 Å². The Morgan fingerprint density at radius 2 is 2.19 bits per heavy atom. The Balaban J connectivity index is 2.52. The summed E-state index contributed by atoms with van der Waals surface area (Å²) in [5.41, 5.74) is 2.31. The predicted molar refractivity (Wildman–Crippen MR) is 69.0 cm³/mol. The van der Waals surface area contributed by atoms with E-state index in [4.69, 9.17) is 0 Å². The van der Waals surface area contributed by atoms with Crippen molar-refractivity contribution in [3.63, 3.8) is 0 Å². The third-order valence-electron chi connectivity index (χ3n) is 2.46. The van der Waals surface area contributed by atoms with Crippen molar-refractivity contribution in [2.24, 2.45) is 0 Å². The molecule has 0 spiro atoms. The van der Waals surface area contributed by atoms with Gasteiger partial charge in [0.2, 0.25) is 0 Å². The van der Waals surface area contributed by atoms with Crippen molar-refractivity contribution in [2.45, 2.75) is 20.3 Å². The third kappa shape index (κ3) is 2.07. The van der Waals surface area contributed by atoms with E-state index in [0.29, 0.717) is 0 Å². The summed E-state index contributed by atoms with van der Waals surface area (Å²) in [4.78, 5) is 10.2. The number of nitrogens with one attached hydrogen (secondary N) is 1. The summed E-state index contributed by atoms with van der Waals surface area (Å²) in [5.74, 6) is 1.71. The molecule has 0 unspecified atom stereocenters. The van der Waals surface area contributed by atoms with Crippen LogP contribution in [-0.2, 0) is 6.42 Å². The monoisotopic (exact) mass is 233 g/mol. The van der Waals surface area contributed by atoms with E-state index in [2.05, 4.69) is 40.6 Å². The molecule has 4 heteroatoms. The van der Waals surface area contributed by atoms with E-state index in [-0.39, 0.29) is 0 Å². The first-order valence-electron chi connectivity index (χ1n) is 5.34. The van der Waals surface area contributed by atoms with Crippen LogP contribution in [0.25, 0.3) is 10.7 Å². The lowest BCUT2D eigenvalue weighted by Crippen LogP contribution is -1.99. The van der Waals surface area contributed by atoms with Crippen molar-refractivity contribution in [3.05, 3.63) is 28.8 Å². The molecule has 0 saturated heterocycles. The van der Waals surface area contributed by atoms with Gasteiger partial charge in [-0.1, -0.05) is 6.92 Å². The van der Waals surface area contributed by atoms with E-state index < -0.39 is 0 Å². The van der Waals surface area contributed by atoms with Crippen LogP contribution in [0.2, 0.25) is 0 Å². The number of hydrogen-bond acceptors (Lipinski definition) is 4. The van der Waals surface area contributed by atoms with Gasteiger partial charge in [-0.3, -0.25) is 0 Å². The Bertz CT molecular complexity index is 469. The van der Waals surface area contributed by atoms with Gasteiger partial charge in [-0.15, -0.1) is 11.3 Å². The summed E-state index contributed by atoms with van der Waals surface area (Å²) >= 11 is 1.69. The molecular formula is C12H15N3S. The maximum absolute atomic E-state index is 4.56. The normalized spacial score (nSPS) is 10.4. The molecule has 0 radical (unpaired) electrons. The van der Waals surface area contributed by atoms with Crippen molar-refractivity contribution in [1.29, 1.82) is 0 Å². The standard InChI is InChI=1S/C12H15N3S/c1-4-9-7-10(13-3)15-12(14-9)11-8(2)5-6-16-11/h5-7H,4H2,1-3H3,(H,13,14,15). The highest BCUT2D eigenvalue weighted by Crippen LogP contribution is 2.27. The predicted octanol–water partition coefficient (Wildman–Crippen LogP) is 3.12. The molecular weight excluding hydrogens is 218 g/mol. The van der Waals surface area contributed by atoms with Crippen molar-refractivity contribution in [1.82, 2.24) is 9.97 Å². The van der Waals surface area contributed by atoms with E-state index in [1.165, 1.54) is 5.56 Å². The maximum Gasteiger partial charge on any atom is 0.172 e. The Hall–Kier alpha value is -1.42. The minimum absolute atomic E-state index is 0.830. The van der Waals surface area contributed by atoms with E-state index in [1.54, 1.807) is 11.3 Å². The van der Waals surface area contributed by atoms with Gasteiger partial charge in [0, 0.05) is 18.8 Å². The molecule has 1 N–H and O–H groups in total. The molecule has 84 valence electrons. The van der Waals surface area contributed by atoms with Gasteiger partial charge in [-0.05, 0) is 30.4 Å². The lowest BCUT2D eigenvalue weighted by atomic mass is 10.2. The van der Waals surface area contributed by atoms with Crippen molar-refractivity contribution >= 4 is 17.2 Å². The zero-order valence-corrected chi connectivity index (χ0v) is 10.6. The SMILES string of the molecule is CCc1cc(NC)nc(-c2sccc2C)n1. The molecule has 0 aliphatic carbocycles. The fourth-order valence-electron chi connectivity index (χ4n) is 1.51. The molecule has 0 fully saturated rings. The quantitative estimate of drug-likeness (QED) is 0.885. The molecule has 3 nitrogen and oxygen atoms in total. The minimum atomic E-state index is 0.830. The molecule has 0 bridgehead atoms. The van der Waals surface area contributed by atoms with Gasteiger partial charge in [0.15, 0.2) is 5.82 Å². The molecule has 0 amide bonds. The van der Waals surface area contributed by atoms with Gasteiger partial charge in [0.1, 0.15) is 5.82 Å². The number of hydrogen-bond donors (Lipinski definition) is 1. The van der Waals surface area contributed by atoms with Crippen LogP contribution < -0.4 is 5.32 Å². The smallest absolute Gasteiger partial charge is 0.172 e. The number of anilines is 1. The summed E-state index contributed by atoms with van der Waals surface area (Å²) in [6.07, 6.45) is 0.925. The van der Waals surface area contributed by atoms with Crippen LogP contribution in [0.3, 0.4) is 0 Å². The van der Waals surface area contributed by atoms with Crippen LogP contribution in [-0.4, -0.2) is 17.0 Å². The summed E-state index contributed by atoms with van der Waals surface area (Å²) < 4.78 is 0. The van der Waals surface area contributed by atoms with Crippen LogP contribution >= 0.6 is 11.3 Å². The highest BCUT2D eigenvalue weighted by molar-refractivity contribution is 7.13. The average Bonchev–Trinajstić information content (AvgIpc) is 2.74. The first kappa shape index (κ1) is 11.1. The van der Waals surface area contributed by atoms with Crippen LogP contribution in [0.1, 0.15) is 18.2 Å². The van der Waals surface area contributed by atoms with Gasteiger partial charge in [0.25, 0.3) is 0 Å². The second-order valence-corrected chi connectivity index (χ2v) is 4.52. The molecule has 0 aliphatic heterocycles. The van der Waals surface area contributed by atoms with Gasteiger partial charge in [-0.25, -0.2) is 9.97 Å². The minimum Gasteiger partial charge on any atom is -0.373 e. The molecule has 0 atom stereocenters. The molecule has 16 heavy (non-hydrogen) atoms. The van der Waals surface area contributed by atoms with E-state index >= 15 is 0 Å². The summed E-state index contributed by atoms with van der Waals surface area (Å²) in [5, 5.41) is 5.15. The molecule has 2 aromatic rings. The Kier molecular flexibility index (Phi) is 3.19. The van der Waals surface area contributed by atoms with E-state index in [1.807, 2.05) is 13.1 Å². The molecule has 2 aromatic heterocycles. The number of aromatic nitrogens is 2. The lowest BCUT2D eigenvalue weighted by Gasteiger charge is -2.05. The molecule has 0 saturated carbocycles. The Labute approximate surface area is 99.6 Å². The zero-order valence-electron chi connectivity index (χ0n) is 9.74. The average molecular weight is 233 g/mol. The van der Waals surface area contributed by atoms with Crippen LogP contribution in [0.5, 0.6) is 0 Å². The summed E-state index contributed by atoms with van der Waals surface area (Å²) in [6, 6.07) is 4.09. The van der Waals surface area contributed by atoms with E-state index in [9.17, 15) is 0 Å². The topological polar surface area (TPSA) is 37.8 Å². The number of thiophene rings is 1. The zero-order chi connectivity index (χ0) is 11.5. The van der Waals surface area contributed by atoms with Gasteiger partial charge in [-0.2, -0.15) is 0 Å². The highest BCUT2D eigenvalue weighted by Gasteiger charge is 2.09. The first-order valence-corrected chi connectivity index (χ1v) is 6.22. The Morgan fingerprint density at radius 3 is 2.75 bits per heavy atom. The molecule has 0 aliphatic rings. The molecule has 2 rings (SSSR count). The van der Waals surface area contributed by atoms with Gasteiger partial charge < -0.3 is 5.32 Å². The third-order valence-corrected chi connectivity index (χ3v) is 3.48. The number of rotatable bonds is 3.